The van der Waals surface area contributed by atoms with Gasteiger partial charge in [0.05, 0.1) is 7.11 Å². The number of hydrazine groups is 1. The van der Waals surface area contributed by atoms with Crippen molar-refractivity contribution in [2.75, 3.05) is 25.1 Å². The average Bonchev–Trinajstić information content (AvgIpc) is 3.45. The van der Waals surface area contributed by atoms with Gasteiger partial charge in [-0.15, -0.1) is 0 Å². The van der Waals surface area contributed by atoms with Gasteiger partial charge < -0.3 is 15.0 Å². The monoisotopic (exact) mass is 380 g/mol. The molecule has 2 aliphatic rings. The first-order valence-electron chi connectivity index (χ1n) is 9.99. The van der Waals surface area contributed by atoms with E-state index in [-0.39, 0.29) is 18.0 Å². The lowest BCUT2D eigenvalue weighted by Gasteiger charge is -2.18. The molecular weight excluding hydrogens is 352 g/mol. The predicted octanol–water partition coefficient (Wildman–Crippen LogP) is 2.52. The molecule has 1 amide bonds. The summed E-state index contributed by atoms with van der Waals surface area (Å²) in [5.41, 5.74) is 9.88. The fourth-order valence-electron chi connectivity index (χ4n) is 3.93. The van der Waals surface area contributed by atoms with Crippen LogP contribution in [0.2, 0.25) is 0 Å². The minimum atomic E-state index is -0.242. The fraction of sp³-hybridized carbons (Fsp3) is 0.409. The highest BCUT2D eigenvalue weighted by atomic mass is 16.5. The van der Waals surface area contributed by atoms with Crippen LogP contribution < -0.4 is 25.8 Å². The Balaban J connectivity index is 1.30. The lowest BCUT2D eigenvalue weighted by molar-refractivity contribution is -0.123. The summed E-state index contributed by atoms with van der Waals surface area (Å²) in [6.07, 6.45) is 3.24. The van der Waals surface area contributed by atoms with Crippen molar-refractivity contribution in [3.8, 4) is 5.75 Å². The smallest absolute Gasteiger partial charge is 0.238 e. The Bertz CT molecular complexity index is 802. The SMILES string of the molecule is COc1ccc(C2CC(C(=O)NCc3cccc(N4CCCC4)c3)NN2)cc1. The fourth-order valence-corrected chi connectivity index (χ4v) is 3.93. The molecule has 0 saturated carbocycles. The van der Waals surface area contributed by atoms with Gasteiger partial charge in [-0.05, 0) is 54.7 Å². The number of benzene rings is 2. The third-order valence-electron chi connectivity index (χ3n) is 5.59. The zero-order chi connectivity index (χ0) is 19.3. The second-order valence-corrected chi connectivity index (χ2v) is 7.48. The molecule has 6 nitrogen and oxygen atoms in total. The number of anilines is 1. The summed E-state index contributed by atoms with van der Waals surface area (Å²) < 4.78 is 5.20. The van der Waals surface area contributed by atoms with Crippen molar-refractivity contribution in [3.05, 3.63) is 59.7 Å². The average molecular weight is 380 g/mol. The van der Waals surface area contributed by atoms with Crippen molar-refractivity contribution >= 4 is 11.6 Å². The first-order valence-corrected chi connectivity index (χ1v) is 9.99. The van der Waals surface area contributed by atoms with Gasteiger partial charge in [0, 0.05) is 31.4 Å². The highest BCUT2D eigenvalue weighted by Gasteiger charge is 2.29. The molecule has 4 rings (SSSR count). The molecule has 0 bridgehead atoms. The summed E-state index contributed by atoms with van der Waals surface area (Å²) >= 11 is 0. The molecule has 2 saturated heterocycles. The first-order chi connectivity index (χ1) is 13.7. The van der Waals surface area contributed by atoms with Crippen LogP contribution in [0.5, 0.6) is 5.75 Å². The molecule has 3 N–H and O–H groups in total. The number of carbonyl (C=O) groups is 1. The molecule has 6 heteroatoms. The van der Waals surface area contributed by atoms with E-state index >= 15 is 0 Å². The minimum Gasteiger partial charge on any atom is -0.497 e. The van der Waals surface area contributed by atoms with Crippen molar-refractivity contribution in [1.29, 1.82) is 0 Å². The molecule has 2 atom stereocenters. The van der Waals surface area contributed by atoms with Crippen LogP contribution in [0.3, 0.4) is 0 Å². The molecule has 2 aromatic carbocycles. The van der Waals surface area contributed by atoms with Gasteiger partial charge in [0.1, 0.15) is 11.8 Å². The molecule has 148 valence electrons. The molecule has 2 unspecified atom stereocenters. The van der Waals surface area contributed by atoms with Crippen LogP contribution in [-0.2, 0) is 11.3 Å². The zero-order valence-corrected chi connectivity index (χ0v) is 16.3. The normalized spacial score (nSPS) is 21.7. The van der Waals surface area contributed by atoms with Gasteiger partial charge in [-0.2, -0.15) is 0 Å². The largest absolute Gasteiger partial charge is 0.497 e. The van der Waals surface area contributed by atoms with Gasteiger partial charge >= 0.3 is 0 Å². The number of carbonyl (C=O) groups excluding carboxylic acids is 1. The highest BCUT2D eigenvalue weighted by molar-refractivity contribution is 5.82. The molecule has 0 aromatic heterocycles. The number of nitrogens with one attached hydrogen (secondary N) is 3. The van der Waals surface area contributed by atoms with Crippen LogP contribution in [0.1, 0.15) is 36.4 Å². The molecule has 2 aromatic rings. The van der Waals surface area contributed by atoms with Crippen molar-refractivity contribution in [2.45, 2.75) is 37.9 Å². The molecule has 28 heavy (non-hydrogen) atoms. The van der Waals surface area contributed by atoms with Gasteiger partial charge in [0.2, 0.25) is 5.91 Å². The first kappa shape index (κ1) is 18.8. The van der Waals surface area contributed by atoms with E-state index in [1.807, 2.05) is 24.3 Å². The van der Waals surface area contributed by atoms with Gasteiger partial charge in [-0.3, -0.25) is 4.79 Å². The summed E-state index contributed by atoms with van der Waals surface area (Å²) in [5.74, 6) is 0.857. The Morgan fingerprint density at radius 3 is 2.68 bits per heavy atom. The molecule has 2 fully saturated rings. The molecule has 2 aliphatic heterocycles. The van der Waals surface area contributed by atoms with E-state index in [0.717, 1.165) is 30.0 Å². The summed E-state index contributed by atoms with van der Waals surface area (Å²) in [5, 5.41) is 3.07. The lowest BCUT2D eigenvalue weighted by Crippen LogP contribution is -2.42. The van der Waals surface area contributed by atoms with Crippen molar-refractivity contribution in [3.63, 3.8) is 0 Å². The van der Waals surface area contributed by atoms with Crippen molar-refractivity contribution in [1.82, 2.24) is 16.2 Å². The van der Waals surface area contributed by atoms with E-state index in [1.54, 1.807) is 7.11 Å². The third-order valence-corrected chi connectivity index (χ3v) is 5.59. The van der Waals surface area contributed by atoms with Gasteiger partial charge in [-0.25, -0.2) is 10.9 Å². The van der Waals surface area contributed by atoms with Crippen molar-refractivity contribution < 1.29 is 9.53 Å². The van der Waals surface area contributed by atoms with E-state index in [4.69, 9.17) is 4.74 Å². The molecule has 0 aliphatic carbocycles. The van der Waals surface area contributed by atoms with Gasteiger partial charge in [-0.1, -0.05) is 24.3 Å². The number of hydrogen-bond acceptors (Lipinski definition) is 5. The maximum atomic E-state index is 12.6. The minimum absolute atomic E-state index is 0.0232. The number of ether oxygens (including phenoxy) is 1. The molecule has 0 spiro atoms. The summed E-state index contributed by atoms with van der Waals surface area (Å²) in [4.78, 5) is 15.0. The summed E-state index contributed by atoms with van der Waals surface area (Å²) in [7, 11) is 1.66. The van der Waals surface area contributed by atoms with Crippen molar-refractivity contribution in [2.24, 2.45) is 0 Å². The summed E-state index contributed by atoms with van der Waals surface area (Å²) in [6, 6.07) is 16.3. The van der Waals surface area contributed by atoms with E-state index in [2.05, 4.69) is 45.3 Å². The second kappa shape index (κ2) is 8.63. The standard InChI is InChI=1S/C22H28N4O2/c1-28-19-9-7-17(8-10-19)20-14-21(25-24-20)22(27)23-15-16-5-4-6-18(13-16)26-11-2-3-12-26/h4-10,13,20-21,24-25H,2-3,11-12,14-15H2,1H3,(H,23,27). The van der Waals surface area contributed by atoms with E-state index in [1.165, 1.54) is 18.5 Å². The topological polar surface area (TPSA) is 65.6 Å². The Morgan fingerprint density at radius 1 is 1.14 bits per heavy atom. The van der Waals surface area contributed by atoms with Crippen LogP contribution in [-0.4, -0.2) is 32.1 Å². The number of rotatable bonds is 6. The summed E-state index contributed by atoms with van der Waals surface area (Å²) in [6.45, 7) is 2.80. The Labute approximate surface area is 166 Å². The second-order valence-electron chi connectivity index (χ2n) is 7.48. The lowest BCUT2D eigenvalue weighted by atomic mass is 10.0. The maximum absolute atomic E-state index is 12.6. The Kier molecular flexibility index (Phi) is 5.78. The van der Waals surface area contributed by atoms with Crippen LogP contribution in [0.4, 0.5) is 5.69 Å². The Hall–Kier alpha value is -2.57. The van der Waals surface area contributed by atoms with Crippen LogP contribution in [0, 0.1) is 0 Å². The number of methoxy groups -OCH3 is 1. The maximum Gasteiger partial charge on any atom is 0.238 e. The Morgan fingerprint density at radius 2 is 1.93 bits per heavy atom. The van der Waals surface area contributed by atoms with E-state index in [0.29, 0.717) is 13.0 Å². The van der Waals surface area contributed by atoms with E-state index in [9.17, 15) is 4.79 Å². The third kappa shape index (κ3) is 4.29. The van der Waals surface area contributed by atoms with Crippen LogP contribution in [0.25, 0.3) is 0 Å². The number of nitrogens with zero attached hydrogens (tertiary/aromatic N) is 1. The number of amides is 1. The van der Waals surface area contributed by atoms with Crippen LogP contribution in [0.15, 0.2) is 48.5 Å². The van der Waals surface area contributed by atoms with Gasteiger partial charge in [0.25, 0.3) is 0 Å². The number of hydrogen-bond donors (Lipinski definition) is 3. The predicted molar refractivity (Wildman–Crippen MR) is 110 cm³/mol. The zero-order valence-electron chi connectivity index (χ0n) is 16.3. The molecule has 0 radical (unpaired) electrons. The quantitative estimate of drug-likeness (QED) is 0.719. The van der Waals surface area contributed by atoms with Crippen LogP contribution >= 0.6 is 0 Å². The molecule has 2 heterocycles. The van der Waals surface area contributed by atoms with E-state index < -0.39 is 0 Å². The van der Waals surface area contributed by atoms with Gasteiger partial charge in [0.15, 0.2) is 0 Å². The molecular formula is C22H28N4O2. The highest BCUT2D eigenvalue weighted by Crippen LogP contribution is 2.24.